The van der Waals surface area contributed by atoms with Gasteiger partial charge in [0.1, 0.15) is 5.66 Å². The van der Waals surface area contributed by atoms with Gasteiger partial charge in [-0.1, -0.05) is 60.7 Å². The van der Waals surface area contributed by atoms with Gasteiger partial charge in [-0.05, 0) is 47.2 Å². The van der Waals surface area contributed by atoms with E-state index >= 15 is 0 Å². The van der Waals surface area contributed by atoms with Crippen molar-refractivity contribution in [1.82, 2.24) is 10.2 Å². The molecule has 6 rings (SSSR count). The zero-order valence-electron chi connectivity index (χ0n) is 17.6. The maximum absolute atomic E-state index is 12.8. The molecule has 0 saturated carbocycles. The van der Waals surface area contributed by atoms with E-state index in [4.69, 9.17) is 0 Å². The Hall–Kier alpha value is -3.11. The molecule has 156 valence electrons. The maximum atomic E-state index is 12.8. The zero-order valence-corrected chi connectivity index (χ0v) is 17.6. The van der Waals surface area contributed by atoms with Crippen molar-refractivity contribution in [3.63, 3.8) is 0 Å². The van der Waals surface area contributed by atoms with E-state index < -0.39 is 0 Å². The Morgan fingerprint density at radius 1 is 0.742 bits per heavy atom. The molecule has 1 fully saturated rings. The van der Waals surface area contributed by atoms with E-state index in [1.165, 1.54) is 22.3 Å². The number of hydrogen-bond donors (Lipinski definition) is 2. The number of carbonyl (C=O) groups is 1. The number of hydrogen-bond acceptors (Lipinski definition) is 3. The van der Waals surface area contributed by atoms with Gasteiger partial charge in [-0.2, -0.15) is 0 Å². The number of amides is 1. The molecule has 1 amide bonds. The van der Waals surface area contributed by atoms with Crippen LogP contribution < -0.4 is 10.6 Å². The van der Waals surface area contributed by atoms with E-state index in [-0.39, 0.29) is 17.6 Å². The molecule has 4 heteroatoms. The van der Waals surface area contributed by atoms with E-state index in [0.29, 0.717) is 0 Å². The number of benzene rings is 3. The highest BCUT2D eigenvalue weighted by Crippen LogP contribution is 2.40. The maximum Gasteiger partial charge on any atom is 0.255 e. The molecule has 3 aromatic carbocycles. The molecule has 31 heavy (non-hydrogen) atoms. The quantitative estimate of drug-likeness (QED) is 0.621. The number of carbonyl (C=O) groups excluding carboxylic acids is 1. The Morgan fingerprint density at radius 3 is 2.00 bits per heavy atom. The third kappa shape index (κ3) is 3.14. The molecular formula is C27H27N3O. The monoisotopic (exact) mass is 409 g/mol. The van der Waals surface area contributed by atoms with Gasteiger partial charge < -0.3 is 10.6 Å². The predicted molar refractivity (Wildman–Crippen MR) is 123 cm³/mol. The summed E-state index contributed by atoms with van der Waals surface area (Å²) in [7, 11) is 0. The Labute approximate surface area is 183 Å². The Balaban J connectivity index is 1.31. The summed E-state index contributed by atoms with van der Waals surface area (Å²) in [4.78, 5) is 15.4. The van der Waals surface area contributed by atoms with Gasteiger partial charge in [0, 0.05) is 31.6 Å². The molecule has 3 aliphatic rings. The number of rotatable bonds is 1. The second kappa shape index (κ2) is 7.24. The lowest BCUT2D eigenvalue weighted by atomic mass is 9.88. The van der Waals surface area contributed by atoms with Crippen LogP contribution in [0.1, 0.15) is 51.5 Å². The first-order chi connectivity index (χ1) is 15.2. The van der Waals surface area contributed by atoms with Crippen LogP contribution in [0.2, 0.25) is 0 Å². The van der Waals surface area contributed by atoms with Crippen LogP contribution in [-0.2, 0) is 12.8 Å². The number of para-hydroxylation sites is 1. The largest absolute Gasteiger partial charge is 0.362 e. The fourth-order valence-electron chi connectivity index (χ4n) is 5.67. The van der Waals surface area contributed by atoms with Gasteiger partial charge in [0.2, 0.25) is 0 Å². The molecule has 1 aliphatic carbocycles. The number of anilines is 1. The summed E-state index contributed by atoms with van der Waals surface area (Å²) in [5.41, 5.74) is 7.13. The second-order valence-corrected chi connectivity index (χ2v) is 9.04. The van der Waals surface area contributed by atoms with Crippen molar-refractivity contribution in [2.45, 2.75) is 37.4 Å². The van der Waals surface area contributed by atoms with Crippen molar-refractivity contribution >= 4 is 11.6 Å². The minimum Gasteiger partial charge on any atom is -0.362 e. The molecular weight excluding hydrogens is 382 g/mol. The van der Waals surface area contributed by atoms with Crippen molar-refractivity contribution in [2.75, 3.05) is 18.4 Å². The van der Waals surface area contributed by atoms with Gasteiger partial charge in [-0.3, -0.25) is 9.69 Å². The lowest BCUT2D eigenvalue weighted by molar-refractivity contribution is 0.0797. The normalized spacial score (nSPS) is 20.1. The first-order valence-corrected chi connectivity index (χ1v) is 11.3. The summed E-state index contributed by atoms with van der Waals surface area (Å²) in [6.07, 6.45) is 3.95. The third-order valence-electron chi connectivity index (χ3n) is 7.28. The molecule has 3 aromatic rings. The smallest absolute Gasteiger partial charge is 0.255 e. The number of aryl methyl sites for hydroxylation is 2. The molecule has 1 saturated heterocycles. The molecule has 2 heterocycles. The average molecular weight is 410 g/mol. The van der Waals surface area contributed by atoms with E-state index in [2.05, 4.69) is 64.1 Å². The summed E-state index contributed by atoms with van der Waals surface area (Å²) < 4.78 is 0. The highest BCUT2D eigenvalue weighted by molar-refractivity contribution is 6.02. The van der Waals surface area contributed by atoms with Gasteiger partial charge >= 0.3 is 0 Å². The van der Waals surface area contributed by atoms with Crippen LogP contribution in [0.15, 0.2) is 72.8 Å². The van der Waals surface area contributed by atoms with Crippen LogP contribution in [0, 0.1) is 0 Å². The summed E-state index contributed by atoms with van der Waals surface area (Å²) in [5.74, 6) is 0.0351. The van der Waals surface area contributed by atoms with Crippen molar-refractivity contribution in [2.24, 2.45) is 0 Å². The van der Waals surface area contributed by atoms with Crippen molar-refractivity contribution < 1.29 is 4.79 Å². The SMILES string of the molecule is O=C1NC2(CCN(C3c4ccccc4CCc4ccccc43)CC2)Nc2ccccc21. The summed E-state index contributed by atoms with van der Waals surface area (Å²) in [6, 6.07) is 26.0. The molecule has 0 atom stereocenters. The van der Waals surface area contributed by atoms with Gasteiger partial charge in [0.15, 0.2) is 0 Å². The minimum absolute atomic E-state index is 0.0351. The Morgan fingerprint density at radius 2 is 1.32 bits per heavy atom. The summed E-state index contributed by atoms with van der Waals surface area (Å²) >= 11 is 0. The number of likely N-dealkylation sites (tertiary alicyclic amines) is 1. The summed E-state index contributed by atoms with van der Waals surface area (Å²) in [5, 5.41) is 6.94. The topological polar surface area (TPSA) is 44.4 Å². The van der Waals surface area contributed by atoms with E-state index in [9.17, 15) is 4.79 Å². The Bertz CT molecular complexity index is 1100. The molecule has 2 N–H and O–H groups in total. The number of piperidine rings is 1. The van der Waals surface area contributed by atoms with Gasteiger partial charge in [-0.25, -0.2) is 0 Å². The first-order valence-electron chi connectivity index (χ1n) is 11.3. The van der Waals surface area contributed by atoms with Crippen molar-refractivity contribution in [3.05, 3.63) is 101 Å². The molecule has 0 aromatic heterocycles. The Kier molecular flexibility index (Phi) is 4.35. The fraction of sp³-hybridized carbons (Fsp3) is 0.296. The number of fused-ring (bicyclic) bond motifs is 3. The van der Waals surface area contributed by atoms with E-state index in [1.807, 2.05) is 24.3 Å². The molecule has 4 nitrogen and oxygen atoms in total. The predicted octanol–water partition coefficient (Wildman–Crippen LogP) is 4.52. The minimum atomic E-state index is -0.355. The standard InChI is InChI=1S/C27H27N3O/c31-26-23-11-5-6-12-24(23)28-27(29-26)15-17-30(18-16-27)25-21-9-3-1-7-19(21)13-14-20-8-2-4-10-22(20)25/h1-12,25,28H,13-18H2,(H,29,31). The van der Waals surface area contributed by atoms with Crippen molar-refractivity contribution in [3.8, 4) is 0 Å². The number of nitrogens with zero attached hydrogens (tertiary/aromatic N) is 1. The van der Waals surface area contributed by atoms with Gasteiger partial charge in [-0.15, -0.1) is 0 Å². The van der Waals surface area contributed by atoms with Crippen LogP contribution in [0.5, 0.6) is 0 Å². The fourth-order valence-corrected chi connectivity index (χ4v) is 5.67. The molecule has 0 unspecified atom stereocenters. The molecule has 2 aliphatic heterocycles. The molecule has 0 radical (unpaired) electrons. The lowest BCUT2D eigenvalue weighted by Crippen LogP contribution is -2.62. The molecule has 1 spiro atoms. The third-order valence-corrected chi connectivity index (χ3v) is 7.28. The van der Waals surface area contributed by atoms with Crippen LogP contribution in [-0.4, -0.2) is 29.6 Å². The van der Waals surface area contributed by atoms with Crippen molar-refractivity contribution in [1.29, 1.82) is 0 Å². The van der Waals surface area contributed by atoms with Crippen LogP contribution in [0.4, 0.5) is 5.69 Å². The highest BCUT2D eigenvalue weighted by Gasteiger charge is 2.42. The average Bonchev–Trinajstić information content (AvgIpc) is 2.97. The zero-order chi connectivity index (χ0) is 20.8. The van der Waals surface area contributed by atoms with Crippen LogP contribution >= 0.6 is 0 Å². The first kappa shape index (κ1) is 18.6. The van der Waals surface area contributed by atoms with E-state index in [0.717, 1.165) is 50.0 Å². The number of nitrogens with one attached hydrogen (secondary N) is 2. The van der Waals surface area contributed by atoms with Gasteiger partial charge in [0.05, 0.1) is 11.6 Å². The highest BCUT2D eigenvalue weighted by atomic mass is 16.2. The van der Waals surface area contributed by atoms with Crippen LogP contribution in [0.3, 0.4) is 0 Å². The molecule has 0 bridgehead atoms. The van der Waals surface area contributed by atoms with Gasteiger partial charge in [0.25, 0.3) is 5.91 Å². The lowest BCUT2D eigenvalue weighted by Gasteiger charge is -2.48. The van der Waals surface area contributed by atoms with Crippen LogP contribution in [0.25, 0.3) is 0 Å². The van der Waals surface area contributed by atoms with E-state index in [1.54, 1.807) is 0 Å². The second-order valence-electron chi connectivity index (χ2n) is 9.04. The summed E-state index contributed by atoms with van der Waals surface area (Å²) in [6.45, 7) is 1.87.